The Bertz CT molecular complexity index is 3040. The van der Waals surface area contributed by atoms with E-state index in [1.807, 2.05) is 0 Å². The summed E-state index contributed by atoms with van der Waals surface area (Å²) < 4.78 is 0. The summed E-state index contributed by atoms with van der Waals surface area (Å²) >= 11 is 0. The van der Waals surface area contributed by atoms with Crippen LogP contribution in [-0.4, -0.2) is 9.97 Å². The molecule has 0 radical (unpaired) electrons. The fraction of sp³-hybridized carbons (Fsp3) is 0.0714. The number of anilines is 3. The minimum absolute atomic E-state index is 0.141. The number of hydrogen-bond donors (Lipinski definition) is 0. The molecule has 2 heterocycles. The summed E-state index contributed by atoms with van der Waals surface area (Å²) in [5.41, 5.74) is 20.6. The molecular formula is C56H39N3. The van der Waals surface area contributed by atoms with Gasteiger partial charge in [0.15, 0.2) is 5.82 Å². The summed E-state index contributed by atoms with van der Waals surface area (Å²) in [6.07, 6.45) is 0. The average Bonchev–Trinajstić information content (AvgIpc) is 3.77. The van der Waals surface area contributed by atoms with Crippen LogP contribution in [0.15, 0.2) is 200 Å². The predicted octanol–water partition coefficient (Wildman–Crippen LogP) is 13.9. The largest absolute Gasteiger partial charge is 0.310 e. The lowest BCUT2D eigenvalue weighted by molar-refractivity contribution is 0.632. The smallest absolute Gasteiger partial charge is 0.161 e. The summed E-state index contributed by atoms with van der Waals surface area (Å²) in [4.78, 5) is 13.2. The number of para-hydroxylation sites is 2. The van der Waals surface area contributed by atoms with Crippen molar-refractivity contribution in [2.75, 3.05) is 4.90 Å². The van der Waals surface area contributed by atoms with Crippen LogP contribution in [0.2, 0.25) is 0 Å². The second-order valence-electron chi connectivity index (χ2n) is 16.5. The molecule has 0 fully saturated rings. The predicted molar refractivity (Wildman–Crippen MR) is 241 cm³/mol. The van der Waals surface area contributed by atoms with Gasteiger partial charge in [-0.05, 0) is 86.0 Å². The van der Waals surface area contributed by atoms with E-state index in [-0.39, 0.29) is 5.41 Å². The zero-order chi connectivity index (χ0) is 39.3. The van der Waals surface area contributed by atoms with Crippen molar-refractivity contribution < 1.29 is 0 Å². The van der Waals surface area contributed by atoms with E-state index < -0.39 is 5.41 Å². The Hall–Kier alpha value is -7.36. The monoisotopic (exact) mass is 753 g/mol. The SMILES string of the molecule is CC1(C)c2ccccc2N(c2ccc3c(c2)C2(c4ccccc4-3)c3ccccc3-c3c(-c4nc(-c5ccccc5)cc(-c5ccccc5)n4)cccc32)c2ccccc21. The van der Waals surface area contributed by atoms with Crippen molar-refractivity contribution in [1.82, 2.24) is 9.97 Å². The topological polar surface area (TPSA) is 29.0 Å². The summed E-state index contributed by atoms with van der Waals surface area (Å²) in [6, 6.07) is 72.9. The molecule has 0 bridgehead atoms. The van der Waals surface area contributed by atoms with Crippen LogP contribution in [0.4, 0.5) is 17.1 Å². The van der Waals surface area contributed by atoms with E-state index in [9.17, 15) is 0 Å². The Morgan fingerprint density at radius 1 is 0.373 bits per heavy atom. The standard InChI is InChI=1S/C56H39N3/c1-55(2)45-27-13-15-30-51(45)59(52-31-16-14-28-46(52)55)38-32-33-40-39-22-9-11-25-43(39)56(48(40)34-38)44-26-12-10-23-41(44)53-42(24-17-29-47(53)56)54-57-49(36-18-5-3-6-19-36)35-50(58-54)37-20-7-4-8-21-37/h3-35H,1-2H3. The second kappa shape index (κ2) is 12.6. The number of fused-ring (bicyclic) bond motifs is 12. The maximum Gasteiger partial charge on any atom is 0.161 e. The average molecular weight is 754 g/mol. The first-order valence-electron chi connectivity index (χ1n) is 20.5. The third kappa shape index (κ3) is 4.70. The van der Waals surface area contributed by atoms with Gasteiger partial charge in [-0.15, -0.1) is 0 Å². The molecule has 0 amide bonds. The minimum Gasteiger partial charge on any atom is -0.310 e. The molecule has 3 aliphatic rings. The van der Waals surface area contributed by atoms with Crippen molar-refractivity contribution in [1.29, 1.82) is 0 Å². The van der Waals surface area contributed by atoms with E-state index in [0.717, 1.165) is 39.6 Å². The maximum atomic E-state index is 5.37. The number of rotatable bonds is 4. The summed E-state index contributed by atoms with van der Waals surface area (Å²) in [6.45, 7) is 4.70. The Morgan fingerprint density at radius 2 is 0.847 bits per heavy atom. The molecule has 278 valence electrons. The van der Waals surface area contributed by atoms with Crippen molar-refractivity contribution in [3.05, 3.63) is 234 Å². The van der Waals surface area contributed by atoms with Crippen molar-refractivity contribution in [2.24, 2.45) is 0 Å². The van der Waals surface area contributed by atoms with Gasteiger partial charge in [0.25, 0.3) is 0 Å². The normalized spacial score (nSPS) is 16.1. The van der Waals surface area contributed by atoms with E-state index in [4.69, 9.17) is 9.97 Å². The number of aromatic nitrogens is 2. The number of hydrogen-bond acceptors (Lipinski definition) is 3. The van der Waals surface area contributed by atoms with Crippen molar-refractivity contribution in [2.45, 2.75) is 24.7 Å². The molecule has 0 saturated heterocycles. The highest BCUT2D eigenvalue weighted by molar-refractivity contribution is 6.00. The van der Waals surface area contributed by atoms with Gasteiger partial charge in [-0.1, -0.05) is 184 Å². The lowest BCUT2D eigenvalue weighted by Crippen LogP contribution is -2.31. The van der Waals surface area contributed by atoms with Crippen LogP contribution in [0, 0.1) is 0 Å². The molecule has 1 aromatic heterocycles. The van der Waals surface area contributed by atoms with Gasteiger partial charge >= 0.3 is 0 Å². The zero-order valence-corrected chi connectivity index (χ0v) is 32.9. The van der Waals surface area contributed by atoms with E-state index in [1.54, 1.807) is 0 Å². The van der Waals surface area contributed by atoms with E-state index in [0.29, 0.717) is 0 Å². The Kier molecular flexibility index (Phi) is 7.19. The molecule has 1 atom stereocenters. The van der Waals surface area contributed by atoms with Crippen molar-refractivity contribution >= 4 is 17.1 Å². The minimum atomic E-state index is -0.558. The second-order valence-corrected chi connectivity index (χ2v) is 16.5. The number of nitrogens with zero attached hydrogens (tertiary/aromatic N) is 3. The Morgan fingerprint density at radius 3 is 1.47 bits per heavy atom. The molecule has 12 rings (SSSR count). The van der Waals surface area contributed by atoms with Gasteiger partial charge in [-0.2, -0.15) is 0 Å². The lowest BCUT2D eigenvalue weighted by Gasteiger charge is -2.42. The van der Waals surface area contributed by atoms with Gasteiger partial charge in [0, 0.05) is 27.8 Å². The number of benzene rings is 8. The van der Waals surface area contributed by atoms with Crippen LogP contribution in [-0.2, 0) is 10.8 Å². The van der Waals surface area contributed by atoms with Crippen LogP contribution in [0.25, 0.3) is 56.2 Å². The Labute approximate surface area is 345 Å². The van der Waals surface area contributed by atoms with Gasteiger partial charge < -0.3 is 4.90 Å². The molecule has 1 aliphatic heterocycles. The van der Waals surface area contributed by atoms with E-state index >= 15 is 0 Å². The summed E-state index contributed by atoms with van der Waals surface area (Å²) in [5, 5.41) is 0. The van der Waals surface area contributed by atoms with Crippen LogP contribution in [0.5, 0.6) is 0 Å². The van der Waals surface area contributed by atoms with Crippen LogP contribution in [0.1, 0.15) is 47.2 Å². The third-order valence-corrected chi connectivity index (χ3v) is 13.1. The Balaban J connectivity index is 1.13. The first-order valence-corrected chi connectivity index (χ1v) is 20.5. The fourth-order valence-corrected chi connectivity index (χ4v) is 10.5. The third-order valence-electron chi connectivity index (χ3n) is 13.1. The molecular weight excluding hydrogens is 715 g/mol. The molecule has 59 heavy (non-hydrogen) atoms. The van der Waals surface area contributed by atoms with Gasteiger partial charge in [0.05, 0.1) is 28.2 Å². The summed E-state index contributed by atoms with van der Waals surface area (Å²) in [7, 11) is 0. The van der Waals surface area contributed by atoms with Gasteiger partial charge in [0.2, 0.25) is 0 Å². The fourth-order valence-electron chi connectivity index (χ4n) is 10.5. The van der Waals surface area contributed by atoms with Crippen molar-refractivity contribution in [3.8, 4) is 56.2 Å². The first-order chi connectivity index (χ1) is 29.0. The highest BCUT2D eigenvalue weighted by atomic mass is 15.2. The molecule has 3 nitrogen and oxygen atoms in total. The molecule has 0 saturated carbocycles. The van der Waals surface area contributed by atoms with E-state index in [1.165, 1.54) is 67.0 Å². The van der Waals surface area contributed by atoms with Crippen LogP contribution < -0.4 is 4.90 Å². The molecule has 3 heteroatoms. The van der Waals surface area contributed by atoms with Crippen LogP contribution in [0.3, 0.4) is 0 Å². The highest BCUT2D eigenvalue weighted by Gasteiger charge is 2.52. The van der Waals surface area contributed by atoms with Gasteiger partial charge in [-0.3, -0.25) is 0 Å². The first kappa shape index (κ1) is 33.7. The summed E-state index contributed by atoms with van der Waals surface area (Å²) in [5.74, 6) is 0.721. The van der Waals surface area contributed by atoms with Gasteiger partial charge in [0.1, 0.15) is 0 Å². The quantitative estimate of drug-likeness (QED) is 0.179. The molecule has 2 aliphatic carbocycles. The van der Waals surface area contributed by atoms with E-state index in [2.05, 4.69) is 219 Å². The maximum absolute atomic E-state index is 5.37. The van der Waals surface area contributed by atoms with Gasteiger partial charge in [-0.25, -0.2) is 9.97 Å². The molecule has 1 spiro atoms. The highest BCUT2D eigenvalue weighted by Crippen LogP contribution is 2.65. The lowest BCUT2D eigenvalue weighted by atomic mass is 9.70. The molecule has 8 aromatic carbocycles. The zero-order valence-electron chi connectivity index (χ0n) is 32.9. The van der Waals surface area contributed by atoms with Crippen molar-refractivity contribution in [3.63, 3.8) is 0 Å². The molecule has 0 N–H and O–H groups in total. The van der Waals surface area contributed by atoms with Crippen LogP contribution >= 0.6 is 0 Å². The molecule has 1 unspecified atom stereocenters. The molecule has 9 aromatic rings.